The minimum Gasteiger partial charge on any atom is -0.454 e. The number of para-hydroxylation sites is 1. The van der Waals surface area contributed by atoms with E-state index in [1.165, 1.54) is 0 Å². The molecule has 4 aromatic rings. The molecule has 0 aliphatic carbocycles. The lowest BCUT2D eigenvalue weighted by Gasteiger charge is -1.92. The topological polar surface area (TPSA) is 31.0 Å². The molecule has 0 unspecified atom stereocenters. The summed E-state index contributed by atoms with van der Waals surface area (Å²) in [6, 6.07) is 12.3. The zero-order valence-electron chi connectivity index (χ0n) is 8.72. The van der Waals surface area contributed by atoms with Crippen LogP contribution in [0.15, 0.2) is 47.1 Å². The predicted molar refractivity (Wildman–Crippen MR) is 76.4 cm³/mol. The number of fused-ring (bicyclic) bond motifs is 5. The summed E-state index contributed by atoms with van der Waals surface area (Å²) < 4.78 is 7.87. The molecule has 0 amide bonds. The highest BCUT2D eigenvalue weighted by Gasteiger charge is 2.12. The van der Waals surface area contributed by atoms with Crippen molar-refractivity contribution in [2.45, 2.75) is 0 Å². The maximum Gasteiger partial charge on any atom is 0.163 e. The van der Waals surface area contributed by atoms with Crippen molar-refractivity contribution in [3.05, 3.63) is 42.7 Å². The van der Waals surface area contributed by atoms with Gasteiger partial charge in [0.2, 0.25) is 0 Å². The molecule has 0 saturated heterocycles. The van der Waals surface area contributed by atoms with Gasteiger partial charge in [-0.15, -0.1) is 0 Å². The lowest BCUT2D eigenvalue weighted by molar-refractivity contribution is 0.672. The van der Waals surface area contributed by atoms with E-state index in [1.807, 2.05) is 21.0 Å². The fourth-order valence-corrected chi connectivity index (χ4v) is 2.75. The Morgan fingerprint density at radius 2 is 1.94 bits per heavy atom. The van der Waals surface area contributed by atoms with Gasteiger partial charge in [0, 0.05) is 10.8 Å². The molecule has 0 spiro atoms. The molecule has 0 radical (unpaired) electrons. The molecular formula is C13H7IN2O. The first-order valence-corrected chi connectivity index (χ1v) is 6.24. The smallest absolute Gasteiger partial charge is 0.163 e. The maximum atomic E-state index is 5.90. The maximum absolute atomic E-state index is 5.90. The van der Waals surface area contributed by atoms with Gasteiger partial charge >= 0.3 is 0 Å². The van der Waals surface area contributed by atoms with Gasteiger partial charge in [0.15, 0.2) is 5.58 Å². The van der Waals surface area contributed by atoms with E-state index < -0.39 is 0 Å². The zero-order valence-corrected chi connectivity index (χ0v) is 10.9. The van der Waals surface area contributed by atoms with Gasteiger partial charge in [-0.1, -0.05) is 18.2 Å². The SMILES string of the molecule is In1cnc2c3oc4ccccc4c3ccc21. The zero-order chi connectivity index (χ0) is 11.4. The van der Waals surface area contributed by atoms with Crippen LogP contribution in [0.3, 0.4) is 0 Å². The Bertz CT molecular complexity index is 860. The Balaban J connectivity index is 2.34. The lowest BCUT2D eigenvalue weighted by Crippen LogP contribution is -1.74. The first kappa shape index (κ1) is 9.47. The third-order valence-electron chi connectivity index (χ3n) is 3.02. The van der Waals surface area contributed by atoms with Crippen LogP contribution < -0.4 is 0 Å². The molecular weight excluding hydrogens is 327 g/mol. The van der Waals surface area contributed by atoms with E-state index >= 15 is 0 Å². The molecule has 82 valence electrons. The summed E-state index contributed by atoms with van der Waals surface area (Å²) in [7, 11) is 0. The van der Waals surface area contributed by atoms with E-state index in [1.54, 1.807) is 6.33 Å². The van der Waals surface area contributed by atoms with E-state index in [0.717, 1.165) is 33.0 Å². The number of benzene rings is 2. The van der Waals surface area contributed by atoms with E-state index in [-0.39, 0.29) is 0 Å². The van der Waals surface area contributed by atoms with E-state index in [4.69, 9.17) is 4.42 Å². The van der Waals surface area contributed by atoms with Crippen LogP contribution in [0.5, 0.6) is 0 Å². The van der Waals surface area contributed by atoms with Crippen molar-refractivity contribution >= 4 is 55.8 Å². The quantitative estimate of drug-likeness (QED) is 0.453. The average Bonchev–Trinajstić information content (AvgIpc) is 2.90. The Kier molecular flexibility index (Phi) is 1.80. The van der Waals surface area contributed by atoms with Crippen LogP contribution in [0, 0.1) is 0 Å². The number of halogens is 1. The molecule has 0 atom stereocenters. The molecule has 0 bridgehead atoms. The molecule has 2 aromatic heterocycles. The summed E-state index contributed by atoms with van der Waals surface area (Å²) in [5, 5.41) is 2.27. The molecule has 17 heavy (non-hydrogen) atoms. The predicted octanol–water partition coefficient (Wildman–Crippen LogP) is 4.13. The minimum atomic E-state index is 0.874. The van der Waals surface area contributed by atoms with Gasteiger partial charge in [0.25, 0.3) is 0 Å². The van der Waals surface area contributed by atoms with Crippen LogP contribution in [-0.4, -0.2) is 7.76 Å². The normalized spacial score (nSPS) is 11.8. The molecule has 0 saturated carbocycles. The van der Waals surface area contributed by atoms with E-state index in [0.29, 0.717) is 0 Å². The van der Waals surface area contributed by atoms with Crippen molar-refractivity contribution < 1.29 is 4.42 Å². The molecule has 4 rings (SSSR count). The number of nitrogens with zero attached hydrogens (tertiary/aromatic N) is 2. The molecule has 2 aromatic carbocycles. The third kappa shape index (κ3) is 1.18. The largest absolute Gasteiger partial charge is 0.454 e. The van der Waals surface area contributed by atoms with E-state index in [2.05, 4.69) is 46.0 Å². The standard InChI is InChI=1S/C13H7IN2O/c14-16-7-15-12-10(16)6-5-9-8-3-1-2-4-11(8)17-13(9)12/h1-7H. The van der Waals surface area contributed by atoms with Crippen LogP contribution in [0.4, 0.5) is 0 Å². The van der Waals surface area contributed by atoms with Crippen molar-refractivity contribution in [2.24, 2.45) is 0 Å². The molecule has 2 heterocycles. The Hall–Kier alpha value is -1.56. The minimum absolute atomic E-state index is 0.874. The first-order chi connectivity index (χ1) is 8.34. The number of hydrogen-bond acceptors (Lipinski definition) is 2. The summed E-state index contributed by atoms with van der Waals surface area (Å²) in [6.45, 7) is 0. The molecule has 0 aliphatic heterocycles. The highest BCUT2D eigenvalue weighted by Crippen LogP contribution is 2.33. The number of furan rings is 1. The number of aromatic nitrogens is 2. The highest BCUT2D eigenvalue weighted by molar-refractivity contribution is 14.1. The molecule has 0 N–H and O–H groups in total. The Morgan fingerprint density at radius 1 is 1.06 bits per heavy atom. The van der Waals surface area contributed by atoms with Crippen molar-refractivity contribution in [3.8, 4) is 0 Å². The van der Waals surface area contributed by atoms with Crippen molar-refractivity contribution in [3.63, 3.8) is 0 Å². The van der Waals surface area contributed by atoms with Gasteiger partial charge in [0.1, 0.15) is 17.4 Å². The fourth-order valence-electron chi connectivity index (χ4n) is 2.23. The summed E-state index contributed by atoms with van der Waals surface area (Å²) in [5.74, 6) is 0. The number of rotatable bonds is 0. The van der Waals surface area contributed by atoms with Crippen LogP contribution in [0.1, 0.15) is 0 Å². The summed E-state index contributed by atoms with van der Waals surface area (Å²) in [5.41, 5.74) is 3.79. The van der Waals surface area contributed by atoms with Gasteiger partial charge in [0.05, 0.1) is 28.4 Å². The lowest BCUT2D eigenvalue weighted by atomic mass is 10.1. The van der Waals surface area contributed by atoms with Gasteiger partial charge in [-0.3, -0.25) is 2.78 Å². The molecule has 0 aliphatic rings. The number of imidazole rings is 1. The third-order valence-corrected chi connectivity index (χ3v) is 3.79. The Labute approximate surface area is 111 Å². The van der Waals surface area contributed by atoms with Crippen LogP contribution in [0.2, 0.25) is 0 Å². The summed E-state index contributed by atoms with van der Waals surface area (Å²) in [6.07, 6.45) is 1.80. The summed E-state index contributed by atoms with van der Waals surface area (Å²) in [4.78, 5) is 4.40. The second-order valence-electron chi connectivity index (χ2n) is 3.96. The summed E-state index contributed by atoms with van der Waals surface area (Å²) >= 11 is 2.22. The highest BCUT2D eigenvalue weighted by atomic mass is 127. The van der Waals surface area contributed by atoms with Gasteiger partial charge in [-0.05, 0) is 18.2 Å². The molecule has 3 nitrogen and oxygen atoms in total. The van der Waals surface area contributed by atoms with Crippen LogP contribution in [0.25, 0.3) is 33.0 Å². The number of hydrogen-bond donors (Lipinski definition) is 0. The van der Waals surface area contributed by atoms with Crippen molar-refractivity contribution in [2.75, 3.05) is 0 Å². The van der Waals surface area contributed by atoms with E-state index in [9.17, 15) is 0 Å². The van der Waals surface area contributed by atoms with Crippen molar-refractivity contribution in [1.82, 2.24) is 7.76 Å². The van der Waals surface area contributed by atoms with Gasteiger partial charge in [-0.25, -0.2) is 4.98 Å². The van der Waals surface area contributed by atoms with Gasteiger partial charge < -0.3 is 4.42 Å². The molecule has 4 heteroatoms. The first-order valence-electron chi connectivity index (χ1n) is 5.28. The monoisotopic (exact) mass is 334 g/mol. The second kappa shape index (κ2) is 3.22. The second-order valence-corrected chi connectivity index (χ2v) is 5.00. The fraction of sp³-hybridized carbons (Fsp3) is 0. The van der Waals surface area contributed by atoms with Crippen molar-refractivity contribution in [1.29, 1.82) is 0 Å². The molecule has 0 fully saturated rings. The average molecular weight is 334 g/mol. The van der Waals surface area contributed by atoms with Crippen LogP contribution in [-0.2, 0) is 0 Å². The van der Waals surface area contributed by atoms with Crippen LogP contribution >= 0.6 is 22.9 Å². The van der Waals surface area contributed by atoms with Gasteiger partial charge in [-0.2, -0.15) is 0 Å². The Morgan fingerprint density at radius 3 is 2.88 bits per heavy atom.